The van der Waals surface area contributed by atoms with E-state index in [9.17, 15) is 0 Å². The number of fused-ring (bicyclic) bond motifs is 1. The first-order valence-corrected chi connectivity index (χ1v) is 7.44. The van der Waals surface area contributed by atoms with E-state index in [-0.39, 0.29) is 5.92 Å². The molecule has 3 aromatic heterocycles. The lowest BCUT2D eigenvalue weighted by Crippen LogP contribution is -2.18. The number of nitrogens with two attached hydrogens (primary N) is 1. The molecule has 0 aliphatic rings. The van der Waals surface area contributed by atoms with Gasteiger partial charge in [0, 0.05) is 18.3 Å². The molecule has 2 N–H and O–H groups in total. The van der Waals surface area contributed by atoms with Gasteiger partial charge >= 0.3 is 0 Å². The fraction of sp³-hybridized carbons (Fsp3) is 0.357. The minimum absolute atomic E-state index is 0.0923. The summed E-state index contributed by atoms with van der Waals surface area (Å²) in [6.07, 6.45) is 1.77. The smallest absolute Gasteiger partial charge is 0.231 e. The molecule has 0 saturated carbocycles. The van der Waals surface area contributed by atoms with Gasteiger partial charge in [-0.25, -0.2) is 0 Å². The molecular weight excluding hydrogens is 272 g/mol. The molecule has 3 aromatic rings. The molecule has 0 aromatic carbocycles. The maximum Gasteiger partial charge on any atom is 0.231 e. The normalized spacial score (nSPS) is 13.2. The van der Waals surface area contributed by atoms with E-state index in [2.05, 4.69) is 29.0 Å². The molecular formula is C14H16N4OS. The number of rotatable bonds is 4. The highest BCUT2D eigenvalue weighted by atomic mass is 32.1. The van der Waals surface area contributed by atoms with E-state index in [0.29, 0.717) is 24.2 Å². The van der Waals surface area contributed by atoms with Gasteiger partial charge in [0.15, 0.2) is 0 Å². The van der Waals surface area contributed by atoms with Crippen molar-refractivity contribution in [3.8, 4) is 11.4 Å². The average molecular weight is 288 g/mol. The van der Waals surface area contributed by atoms with Crippen LogP contribution < -0.4 is 5.73 Å². The minimum Gasteiger partial charge on any atom is -0.339 e. The molecule has 1 unspecified atom stereocenters. The van der Waals surface area contributed by atoms with Crippen molar-refractivity contribution in [2.24, 2.45) is 11.7 Å². The van der Waals surface area contributed by atoms with Gasteiger partial charge in [-0.05, 0) is 23.4 Å². The predicted molar refractivity (Wildman–Crippen MR) is 79.5 cm³/mol. The van der Waals surface area contributed by atoms with E-state index in [1.54, 1.807) is 17.5 Å². The Labute approximate surface area is 120 Å². The van der Waals surface area contributed by atoms with Crippen molar-refractivity contribution in [1.29, 1.82) is 0 Å². The van der Waals surface area contributed by atoms with Crippen LogP contribution in [0.1, 0.15) is 25.7 Å². The van der Waals surface area contributed by atoms with Crippen LogP contribution in [0.4, 0.5) is 0 Å². The van der Waals surface area contributed by atoms with Crippen LogP contribution in [-0.4, -0.2) is 21.7 Å². The summed E-state index contributed by atoms with van der Waals surface area (Å²) in [7, 11) is 0. The summed E-state index contributed by atoms with van der Waals surface area (Å²) in [5.74, 6) is 1.63. The van der Waals surface area contributed by atoms with Gasteiger partial charge < -0.3 is 10.3 Å². The molecule has 0 spiro atoms. The molecule has 0 radical (unpaired) electrons. The molecule has 0 aliphatic heterocycles. The van der Waals surface area contributed by atoms with Crippen molar-refractivity contribution < 1.29 is 4.52 Å². The number of nitrogens with zero attached hydrogens (tertiary/aromatic N) is 3. The Morgan fingerprint density at radius 3 is 3.00 bits per heavy atom. The molecule has 3 heterocycles. The SMILES string of the molecule is CC(C)C(CN)c1nc(-c2cnc3ccsc3c2)no1. The van der Waals surface area contributed by atoms with Crippen LogP contribution in [0.25, 0.3) is 21.6 Å². The van der Waals surface area contributed by atoms with E-state index in [1.807, 2.05) is 17.5 Å². The van der Waals surface area contributed by atoms with Crippen molar-refractivity contribution in [3.05, 3.63) is 29.6 Å². The van der Waals surface area contributed by atoms with Gasteiger partial charge in [-0.15, -0.1) is 11.3 Å². The van der Waals surface area contributed by atoms with Gasteiger partial charge in [0.2, 0.25) is 11.7 Å². The zero-order valence-corrected chi connectivity index (χ0v) is 12.2. The lowest BCUT2D eigenvalue weighted by atomic mass is 9.96. The highest BCUT2D eigenvalue weighted by Gasteiger charge is 2.21. The van der Waals surface area contributed by atoms with Gasteiger partial charge in [0.05, 0.1) is 16.1 Å². The highest BCUT2D eigenvalue weighted by molar-refractivity contribution is 7.17. The molecule has 0 bridgehead atoms. The third-order valence-electron chi connectivity index (χ3n) is 3.38. The van der Waals surface area contributed by atoms with Gasteiger partial charge in [-0.2, -0.15) is 4.98 Å². The standard InChI is InChI=1S/C14H16N4OS/c1-8(2)10(6-15)14-17-13(18-19-14)9-5-12-11(16-7-9)3-4-20-12/h3-5,7-8,10H,6,15H2,1-2H3. The summed E-state index contributed by atoms with van der Waals surface area (Å²) in [6, 6.07) is 4.03. The zero-order valence-electron chi connectivity index (χ0n) is 11.4. The molecule has 0 fully saturated rings. The van der Waals surface area contributed by atoms with Crippen LogP contribution in [-0.2, 0) is 0 Å². The Bertz CT molecular complexity index is 719. The van der Waals surface area contributed by atoms with Crippen LogP contribution >= 0.6 is 11.3 Å². The quantitative estimate of drug-likeness (QED) is 0.798. The Hall–Kier alpha value is -1.79. The number of thiophene rings is 1. The maximum atomic E-state index is 5.78. The molecule has 104 valence electrons. The molecule has 0 saturated heterocycles. The Morgan fingerprint density at radius 2 is 2.25 bits per heavy atom. The second-order valence-electron chi connectivity index (χ2n) is 5.07. The number of hydrogen-bond donors (Lipinski definition) is 1. The van der Waals surface area contributed by atoms with E-state index in [1.165, 1.54) is 0 Å². The lowest BCUT2D eigenvalue weighted by Gasteiger charge is -2.13. The zero-order chi connectivity index (χ0) is 14.1. The summed E-state index contributed by atoms with van der Waals surface area (Å²) < 4.78 is 6.48. The Kier molecular flexibility index (Phi) is 3.50. The number of pyridine rings is 1. The number of aromatic nitrogens is 3. The fourth-order valence-electron chi connectivity index (χ4n) is 2.13. The Balaban J connectivity index is 1.96. The van der Waals surface area contributed by atoms with E-state index >= 15 is 0 Å². The van der Waals surface area contributed by atoms with Gasteiger partial charge in [0.1, 0.15) is 0 Å². The summed E-state index contributed by atoms with van der Waals surface area (Å²) in [4.78, 5) is 8.86. The van der Waals surface area contributed by atoms with E-state index in [0.717, 1.165) is 15.8 Å². The predicted octanol–water partition coefficient (Wildman–Crippen LogP) is 3.04. The monoisotopic (exact) mass is 288 g/mol. The van der Waals surface area contributed by atoms with Crippen molar-refractivity contribution in [2.75, 3.05) is 6.54 Å². The average Bonchev–Trinajstić information content (AvgIpc) is 3.06. The molecule has 0 aliphatic carbocycles. The third kappa shape index (κ3) is 2.32. The van der Waals surface area contributed by atoms with Gasteiger partial charge in [-0.3, -0.25) is 4.98 Å². The van der Waals surface area contributed by atoms with Crippen LogP contribution in [0.2, 0.25) is 0 Å². The first-order valence-electron chi connectivity index (χ1n) is 6.56. The van der Waals surface area contributed by atoms with Crippen LogP contribution in [0.15, 0.2) is 28.2 Å². The first kappa shape index (κ1) is 13.2. The minimum atomic E-state index is 0.0923. The first-order chi connectivity index (χ1) is 9.69. The topological polar surface area (TPSA) is 77.8 Å². The lowest BCUT2D eigenvalue weighted by molar-refractivity contribution is 0.324. The molecule has 20 heavy (non-hydrogen) atoms. The molecule has 6 heteroatoms. The summed E-state index contributed by atoms with van der Waals surface area (Å²) in [5, 5.41) is 6.07. The molecule has 1 atom stereocenters. The highest BCUT2D eigenvalue weighted by Crippen LogP contribution is 2.27. The summed E-state index contributed by atoms with van der Waals surface area (Å²) in [5.41, 5.74) is 7.64. The molecule has 3 rings (SSSR count). The van der Waals surface area contributed by atoms with Crippen molar-refractivity contribution in [2.45, 2.75) is 19.8 Å². The van der Waals surface area contributed by atoms with Gasteiger partial charge in [0.25, 0.3) is 0 Å². The largest absolute Gasteiger partial charge is 0.339 e. The molecule has 0 amide bonds. The maximum absolute atomic E-state index is 5.78. The van der Waals surface area contributed by atoms with Gasteiger partial charge in [-0.1, -0.05) is 19.0 Å². The van der Waals surface area contributed by atoms with Crippen molar-refractivity contribution >= 4 is 21.6 Å². The van der Waals surface area contributed by atoms with Crippen molar-refractivity contribution in [3.63, 3.8) is 0 Å². The summed E-state index contributed by atoms with van der Waals surface area (Å²) >= 11 is 1.65. The second kappa shape index (κ2) is 5.30. The number of hydrogen-bond acceptors (Lipinski definition) is 6. The second-order valence-corrected chi connectivity index (χ2v) is 6.02. The van der Waals surface area contributed by atoms with Crippen LogP contribution in [0.5, 0.6) is 0 Å². The Morgan fingerprint density at radius 1 is 1.40 bits per heavy atom. The molecule has 5 nitrogen and oxygen atoms in total. The summed E-state index contributed by atoms with van der Waals surface area (Å²) in [6.45, 7) is 4.70. The van der Waals surface area contributed by atoms with Crippen LogP contribution in [0, 0.1) is 5.92 Å². The third-order valence-corrected chi connectivity index (χ3v) is 4.23. The van der Waals surface area contributed by atoms with Crippen molar-refractivity contribution in [1.82, 2.24) is 15.1 Å². The van der Waals surface area contributed by atoms with E-state index in [4.69, 9.17) is 10.3 Å². The van der Waals surface area contributed by atoms with E-state index < -0.39 is 0 Å². The fourth-order valence-corrected chi connectivity index (χ4v) is 2.91. The van der Waals surface area contributed by atoms with Crippen LogP contribution in [0.3, 0.4) is 0 Å².